The van der Waals surface area contributed by atoms with Gasteiger partial charge in [-0.2, -0.15) is 13.2 Å². The maximum atomic E-state index is 12.6. The Balaban J connectivity index is 2.21. The molecule has 1 aliphatic heterocycles. The fraction of sp³-hybridized carbons (Fsp3) is 0.846. The molecule has 5 nitrogen and oxygen atoms in total. The highest BCUT2D eigenvalue weighted by atomic mass is 19.4. The average Bonchev–Trinajstić information content (AvgIpc) is 3.12. The zero-order chi connectivity index (χ0) is 15.8. The van der Waals surface area contributed by atoms with Crippen molar-refractivity contribution in [3.8, 4) is 0 Å². The molecule has 1 saturated carbocycles. The number of carboxylic acid groups (broad SMARTS) is 1. The van der Waals surface area contributed by atoms with Gasteiger partial charge in [-0.25, -0.2) is 9.59 Å². The van der Waals surface area contributed by atoms with E-state index >= 15 is 0 Å². The van der Waals surface area contributed by atoms with Crippen molar-refractivity contribution < 1.29 is 27.9 Å². The first-order valence-electron chi connectivity index (χ1n) is 7.09. The summed E-state index contributed by atoms with van der Waals surface area (Å²) in [6.45, 7) is 0.525. The molecule has 0 spiro atoms. The predicted octanol–water partition coefficient (Wildman–Crippen LogP) is 2.46. The average molecular weight is 308 g/mol. The number of carboxylic acids is 1. The maximum Gasteiger partial charge on any atom is 0.406 e. The largest absolute Gasteiger partial charge is 0.479 e. The summed E-state index contributed by atoms with van der Waals surface area (Å²) in [5.41, 5.74) is -1.37. The second-order valence-electron chi connectivity index (χ2n) is 5.70. The summed E-state index contributed by atoms with van der Waals surface area (Å²) in [7, 11) is 0. The predicted molar refractivity (Wildman–Crippen MR) is 67.8 cm³/mol. The number of nitrogens with zero attached hydrogens (tertiary/aromatic N) is 2. The molecule has 2 amide bonds. The van der Waals surface area contributed by atoms with E-state index in [1.54, 1.807) is 6.92 Å². The zero-order valence-electron chi connectivity index (χ0n) is 11.8. The number of carbonyl (C=O) groups excluding carboxylic acids is 1. The minimum atomic E-state index is -4.48. The van der Waals surface area contributed by atoms with Crippen LogP contribution in [0.15, 0.2) is 0 Å². The minimum absolute atomic E-state index is 0.193. The normalized spacial score (nSPS) is 26.0. The van der Waals surface area contributed by atoms with Gasteiger partial charge >= 0.3 is 18.2 Å². The van der Waals surface area contributed by atoms with Crippen LogP contribution >= 0.6 is 0 Å². The third-order valence-corrected chi connectivity index (χ3v) is 4.29. The van der Waals surface area contributed by atoms with E-state index in [1.807, 2.05) is 0 Å². The number of hydrogen-bond donors (Lipinski definition) is 1. The Labute approximate surface area is 120 Å². The van der Waals surface area contributed by atoms with Crippen LogP contribution < -0.4 is 0 Å². The number of likely N-dealkylation sites (tertiary alicyclic amines) is 1. The first-order valence-corrected chi connectivity index (χ1v) is 7.09. The van der Waals surface area contributed by atoms with Crippen LogP contribution in [-0.2, 0) is 4.79 Å². The second-order valence-corrected chi connectivity index (χ2v) is 5.70. The highest BCUT2D eigenvalue weighted by molar-refractivity contribution is 5.87. The number of rotatable bonds is 4. The van der Waals surface area contributed by atoms with E-state index < -0.39 is 36.3 Å². The summed E-state index contributed by atoms with van der Waals surface area (Å²) in [4.78, 5) is 25.9. The molecular formula is C13H19F3N2O3. The molecule has 2 rings (SSSR count). The number of hydrogen-bond acceptors (Lipinski definition) is 2. The van der Waals surface area contributed by atoms with E-state index in [0.717, 1.165) is 9.80 Å². The lowest BCUT2D eigenvalue weighted by atomic mass is 9.93. The molecule has 0 aromatic carbocycles. The molecule has 1 heterocycles. The number of aliphatic carboxylic acids is 1. The molecule has 0 bridgehead atoms. The van der Waals surface area contributed by atoms with Crippen molar-refractivity contribution in [3.63, 3.8) is 0 Å². The molecule has 1 atom stereocenters. The van der Waals surface area contributed by atoms with Crippen molar-refractivity contribution in [1.82, 2.24) is 9.80 Å². The summed E-state index contributed by atoms with van der Waals surface area (Å²) >= 11 is 0. The molecule has 0 aromatic heterocycles. The quantitative estimate of drug-likeness (QED) is 0.868. The number of alkyl halides is 3. The van der Waals surface area contributed by atoms with Crippen molar-refractivity contribution >= 4 is 12.0 Å². The third-order valence-electron chi connectivity index (χ3n) is 4.29. The SMILES string of the molecule is CCC1(C(=O)O)CCCN1C(=O)N(CC(F)(F)F)C1CC1. The van der Waals surface area contributed by atoms with Crippen molar-refractivity contribution in [2.24, 2.45) is 0 Å². The van der Waals surface area contributed by atoms with Gasteiger partial charge in [0.1, 0.15) is 12.1 Å². The third kappa shape index (κ3) is 3.08. The van der Waals surface area contributed by atoms with Crippen LogP contribution in [0.25, 0.3) is 0 Å². The van der Waals surface area contributed by atoms with Crippen LogP contribution in [0.2, 0.25) is 0 Å². The monoisotopic (exact) mass is 308 g/mol. The van der Waals surface area contributed by atoms with Gasteiger partial charge in [0, 0.05) is 12.6 Å². The number of halogens is 3. The summed E-state index contributed by atoms with van der Waals surface area (Å²) in [6, 6.07) is -1.21. The Kier molecular flexibility index (Phi) is 4.08. The molecule has 1 N–H and O–H groups in total. The molecule has 2 fully saturated rings. The summed E-state index contributed by atoms with van der Waals surface area (Å²) in [5.74, 6) is -1.14. The van der Waals surface area contributed by atoms with Gasteiger partial charge in [0.25, 0.3) is 0 Å². The van der Waals surface area contributed by atoms with Crippen LogP contribution in [0.1, 0.15) is 39.0 Å². The van der Waals surface area contributed by atoms with Crippen LogP contribution in [0.4, 0.5) is 18.0 Å². The van der Waals surface area contributed by atoms with Gasteiger partial charge in [0.2, 0.25) is 0 Å². The van der Waals surface area contributed by atoms with E-state index in [0.29, 0.717) is 19.3 Å². The van der Waals surface area contributed by atoms with Crippen LogP contribution in [0.5, 0.6) is 0 Å². The van der Waals surface area contributed by atoms with Crippen molar-refractivity contribution in [2.45, 2.75) is 56.8 Å². The molecule has 21 heavy (non-hydrogen) atoms. The Morgan fingerprint density at radius 1 is 1.38 bits per heavy atom. The lowest BCUT2D eigenvalue weighted by molar-refractivity contribution is -0.150. The molecule has 1 aliphatic carbocycles. The van der Waals surface area contributed by atoms with E-state index in [-0.39, 0.29) is 19.4 Å². The van der Waals surface area contributed by atoms with Gasteiger partial charge in [0.15, 0.2) is 0 Å². The Morgan fingerprint density at radius 3 is 2.43 bits per heavy atom. The highest BCUT2D eigenvalue weighted by Gasteiger charge is 2.52. The van der Waals surface area contributed by atoms with Gasteiger partial charge in [-0.1, -0.05) is 6.92 Å². The summed E-state index contributed by atoms with van der Waals surface area (Å²) in [5, 5.41) is 9.42. The molecule has 120 valence electrons. The second kappa shape index (κ2) is 5.38. The number of urea groups is 1. The first-order chi connectivity index (χ1) is 9.71. The van der Waals surface area contributed by atoms with Crippen LogP contribution in [0.3, 0.4) is 0 Å². The molecular weight excluding hydrogens is 289 g/mol. The summed E-state index contributed by atoms with van der Waals surface area (Å²) in [6.07, 6.45) is -2.41. The van der Waals surface area contributed by atoms with Gasteiger partial charge in [-0.15, -0.1) is 0 Å². The maximum absolute atomic E-state index is 12.6. The van der Waals surface area contributed by atoms with Gasteiger partial charge in [-0.05, 0) is 32.1 Å². The number of carbonyl (C=O) groups is 2. The zero-order valence-corrected chi connectivity index (χ0v) is 11.8. The molecule has 1 unspecified atom stereocenters. The van der Waals surface area contributed by atoms with E-state index in [1.165, 1.54) is 0 Å². The van der Waals surface area contributed by atoms with Crippen molar-refractivity contribution in [2.75, 3.05) is 13.1 Å². The van der Waals surface area contributed by atoms with Gasteiger partial charge in [0.05, 0.1) is 0 Å². The Hall–Kier alpha value is -1.47. The Bertz CT molecular complexity index is 437. The van der Waals surface area contributed by atoms with Crippen LogP contribution in [0, 0.1) is 0 Å². The molecule has 0 aromatic rings. The molecule has 8 heteroatoms. The van der Waals surface area contributed by atoms with Gasteiger partial charge in [-0.3, -0.25) is 0 Å². The lowest BCUT2D eigenvalue weighted by Crippen LogP contribution is -2.58. The van der Waals surface area contributed by atoms with Crippen molar-refractivity contribution in [3.05, 3.63) is 0 Å². The highest BCUT2D eigenvalue weighted by Crippen LogP contribution is 2.37. The fourth-order valence-electron chi connectivity index (χ4n) is 2.99. The number of amides is 2. The first kappa shape index (κ1) is 15.9. The molecule has 0 radical (unpaired) electrons. The molecule has 1 saturated heterocycles. The van der Waals surface area contributed by atoms with E-state index in [2.05, 4.69) is 0 Å². The lowest BCUT2D eigenvalue weighted by Gasteiger charge is -2.37. The molecule has 2 aliphatic rings. The topological polar surface area (TPSA) is 60.9 Å². The fourth-order valence-corrected chi connectivity index (χ4v) is 2.99. The van der Waals surface area contributed by atoms with Crippen molar-refractivity contribution in [1.29, 1.82) is 0 Å². The smallest absolute Gasteiger partial charge is 0.406 e. The van der Waals surface area contributed by atoms with E-state index in [9.17, 15) is 27.9 Å². The Morgan fingerprint density at radius 2 is 2.00 bits per heavy atom. The van der Waals surface area contributed by atoms with E-state index in [4.69, 9.17) is 0 Å². The standard InChI is InChI=1S/C13H19F3N2O3/c1-2-12(10(19)20)6-3-7-18(12)11(21)17(9-4-5-9)8-13(14,15)16/h9H,2-8H2,1H3,(H,19,20). The minimum Gasteiger partial charge on any atom is -0.479 e. The van der Waals surface area contributed by atoms with Crippen LogP contribution in [-0.4, -0.2) is 57.8 Å². The van der Waals surface area contributed by atoms with Gasteiger partial charge < -0.3 is 14.9 Å². The summed E-state index contributed by atoms with van der Waals surface area (Å²) < 4.78 is 37.9.